The Hall–Kier alpha value is -3.89. The van der Waals surface area contributed by atoms with Gasteiger partial charge in [0, 0.05) is 18.6 Å². The standard InChI is InChI=1S/C18H19N9O2/c1-11(2)8-14(18-24-16(26-29-18)15-20-10-21-25-15)23-17(28)13-9-12(4-6-19-13)27-7-3-5-22-27/h3-7,9-11,14H,8H2,1-2H3,(H,23,28)(H,20,21,25). The van der Waals surface area contributed by atoms with Crippen molar-refractivity contribution in [2.75, 3.05) is 0 Å². The van der Waals surface area contributed by atoms with E-state index in [-0.39, 0.29) is 23.3 Å². The third-order valence-corrected chi connectivity index (χ3v) is 4.12. The quantitative estimate of drug-likeness (QED) is 0.485. The van der Waals surface area contributed by atoms with Crippen LogP contribution in [0.3, 0.4) is 0 Å². The lowest BCUT2D eigenvalue weighted by Gasteiger charge is -2.17. The van der Waals surface area contributed by atoms with E-state index in [1.807, 2.05) is 13.8 Å². The lowest BCUT2D eigenvalue weighted by Crippen LogP contribution is -2.30. The molecule has 2 N–H and O–H groups in total. The first-order valence-corrected chi connectivity index (χ1v) is 9.06. The van der Waals surface area contributed by atoms with Gasteiger partial charge in [-0.2, -0.15) is 15.2 Å². The van der Waals surface area contributed by atoms with E-state index in [0.717, 1.165) is 5.69 Å². The number of nitrogens with zero attached hydrogens (tertiary/aromatic N) is 7. The number of hydrogen-bond acceptors (Lipinski definition) is 8. The van der Waals surface area contributed by atoms with Crippen molar-refractivity contribution < 1.29 is 9.32 Å². The highest BCUT2D eigenvalue weighted by Crippen LogP contribution is 2.22. The van der Waals surface area contributed by atoms with E-state index in [1.54, 1.807) is 41.5 Å². The van der Waals surface area contributed by atoms with Gasteiger partial charge < -0.3 is 9.84 Å². The van der Waals surface area contributed by atoms with Gasteiger partial charge in [-0.1, -0.05) is 19.0 Å². The average molecular weight is 393 g/mol. The second-order valence-corrected chi connectivity index (χ2v) is 6.80. The molecule has 29 heavy (non-hydrogen) atoms. The van der Waals surface area contributed by atoms with Gasteiger partial charge in [-0.05, 0) is 30.5 Å². The first-order chi connectivity index (χ1) is 14.1. The normalized spacial score (nSPS) is 12.2. The molecule has 11 nitrogen and oxygen atoms in total. The highest BCUT2D eigenvalue weighted by Gasteiger charge is 2.24. The Morgan fingerprint density at radius 3 is 2.93 bits per heavy atom. The minimum atomic E-state index is -0.471. The van der Waals surface area contributed by atoms with Crippen LogP contribution in [-0.4, -0.2) is 46.0 Å². The van der Waals surface area contributed by atoms with E-state index in [0.29, 0.717) is 18.1 Å². The van der Waals surface area contributed by atoms with E-state index >= 15 is 0 Å². The molecule has 4 aromatic rings. The summed E-state index contributed by atoms with van der Waals surface area (Å²) in [4.78, 5) is 25.4. The van der Waals surface area contributed by atoms with E-state index < -0.39 is 6.04 Å². The Morgan fingerprint density at radius 2 is 2.21 bits per heavy atom. The van der Waals surface area contributed by atoms with Crippen molar-refractivity contribution in [3.05, 3.63) is 54.7 Å². The van der Waals surface area contributed by atoms with Crippen LogP contribution in [0.1, 0.15) is 42.7 Å². The Bertz CT molecular complexity index is 1070. The Kier molecular flexibility index (Phi) is 5.10. The molecule has 4 heterocycles. The number of amides is 1. The molecule has 1 atom stereocenters. The van der Waals surface area contributed by atoms with E-state index in [2.05, 4.69) is 40.7 Å². The fourth-order valence-electron chi connectivity index (χ4n) is 2.82. The number of aromatic nitrogens is 8. The topological polar surface area (TPSA) is 140 Å². The molecule has 0 aliphatic heterocycles. The molecule has 4 aromatic heterocycles. The summed E-state index contributed by atoms with van der Waals surface area (Å²) in [5.74, 6) is 0.901. The van der Waals surface area contributed by atoms with E-state index in [9.17, 15) is 4.79 Å². The third kappa shape index (κ3) is 4.18. The summed E-state index contributed by atoms with van der Waals surface area (Å²) in [7, 11) is 0. The first kappa shape index (κ1) is 18.5. The lowest BCUT2D eigenvalue weighted by molar-refractivity contribution is 0.0917. The summed E-state index contributed by atoms with van der Waals surface area (Å²) < 4.78 is 7.03. The van der Waals surface area contributed by atoms with Gasteiger partial charge in [0.15, 0.2) is 5.82 Å². The fourth-order valence-corrected chi connectivity index (χ4v) is 2.82. The number of hydrogen-bond donors (Lipinski definition) is 2. The van der Waals surface area contributed by atoms with Gasteiger partial charge in [-0.3, -0.25) is 14.9 Å². The van der Waals surface area contributed by atoms with Crippen molar-refractivity contribution >= 4 is 5.91 Å². The molecule has 0 aliphatic carbocycles. The molecule has 0 saturated carbocycles. The third-order valence-electron chi connectivity index (χ3n) is 4.12. The zero-order chi connectivity index (χ0) is 20.2. The lowest BCUT2D eigenvalue weighted by atomic mass is 10.0. The highest BCUT2D eigenvalue weighted by atomic mass is 16.5. The molecule has 1 amide bonds. The Morgan fingerprint density at radius 1 is 1.31 bits per heavy atom. The highest BCUT2D eigenvalue weighted by molar-refractivity contribution is 5.92. The van der Waals surface area contributed by atoms with Gasteiger partial charge in [0.1, 0.15) is 18.1 Å². The second-order valence-electron chi connectivity index (χ2n) is 6.80. The van der Waals surface area contributed by atoms with Gasteiger partial charge in [0.25, 0.3) is 5.91 Å². The summed E-state index contributed by atoms with van der Waals surface area (Å²) in [5, 5.41) is 17.5. The van der Waals surface area contributed by atoms with Crippen LogP contribution < -0.4 is 5.32 Å². The number of nitrogens with one attached hydrogen (secondary N) is 2. The maximum absolute atomic E-state index is 12.8. The molecule has 11 heteroatoms. The molecule has 4 rings (SSSR count). The first-order valence-electron chi connectivity index (χ1n) is 9.06. The molecule has 148 valence electrons. The maximum Gasteiger partial charge on any atom is 0.270 e. The average Bonchev–Trinajstić information content (AvgIpc) is 3.49. The molecule has 0 bridgehead atoms. The molecule has 0 spiro atoms. The number of aromatic amines is 1. The minimum absolute atomic E-state index is 0.265. The van der Waals surface area contributed by atoms with E-state index in [1.165, 1.54) is 6.33 Å². The van der Waals surface area contributed by atoms with Crippen LogP contribution in [0.2, 0.25) is 0 Å². The predicted molar refractivity (Wildman–Crippen MR) is 101 cm³/mol. The van der Waals surface area contributed by atoms with Crippen molar-refractivity contribution in [2.24, 2.45) is 5.92 Å². The number of pyridine rings is 1. The number of carbonyl (C=O) groups is 1. The molecule has 1 unspecified atom stereocenters. The minimum Gasteiger partial charge on any atom is -0.339 e. The SMILES string of the molecule is CC(C)CC(NC(=O)c1cc(-n2cccn2)ccn1)c1nc(-c2ncn[nH]2)no1. The molecule has 0 aliphatic rings. The van der Waals surface area contributed by atoms with Crippen LogP contribution in [0, 0.1) is 5.92 Å². The van der Waals surface area contributed by atoms with Crippen molar-refractivity contribution in [3.63, 3.8) is 0 Å². The van der Waals surface area contributed by atoms with Crippen LogP contribution in [0.15, 0.2) is 47.6 Å². The smallest absolute Gasteiger partial charge is 0.270 e. The zero-order valence-electron chi connectivity index (χ0n) is 15.9. The summed E-state index contributed by atoms with van der Waals surface area (Å²) in [6.45, 7) is 4.09. The van der Waals surface area contributed by atoms with Gasteiger partial charge in [0.2, 0.25) is 11.7 Å². The van der Waals surface area contributed by atoms with Crippen LogP contribution >= 0.6 is 0 Å². The number of rotatable bonds is 7. The van der Waals surface area contributed by atoms with Gasteiger partial charge in [-0.15, -0.1) is 0 Å². The fraction of sp³-hybridized carbons (Fsp3) is 0.278. The van der Waals surface area contributed by atoms with Crippen LogP contribution in [0.5, 0.6) is 0 Å². The number of carbonyl (C=O) groups excluding carboxylic acids is 1. The second kappa shape index (κ2) is 8.00. The maximum atomic E-state index is 12.8. The van der Waals surface area contributed by atoms with Gasteiger partial charge in [0.05, 0.1) is 5.69 Å². The van der Waals surface area contributed by atoms with Crippen molar-refractivity contribution in [3.8, 4) is 17.3 Å². The molecule has 0 saturated heterocycles. The van der Waals surface area contributed by atoms with E-state index in [4.69, 9.17) is 4.52 Å². The van der Waals surface area contributed by atoms with Gasteiger partial charge >= 0.3 is 0 Å². The number of H-pyrrole nitrogens is 1. The molecular weight excluding hydrogens is 374 g/mol. The van der Waals surface area contributed by atoms with Gasteiger partial charge in [-0.25, -0.2) is 9.67 Å². The molecule has 0 fully saturated rings. The molecule has 0 aromatic carbocycles. The molecular formula is C18H19N9O2. The van der Waals surface area contributed by atoms with Crippen LogP contribution in [0.4, 0.5) is 0 Å². The summed E-state index contributed by atoms with van der Waals surface area (Å²) in [5.41, 5.74) is 1.00. The zero-order valence-corrected chi connectivity index (χ0v) is 15.9. The summed E-state index contributed by atoms with van der Waals surface area (Å²) >= 11 is 0. The van der Waals surface area contributed by atoms with Crippen LogP contribution in [0.25, 0.3) is 17.3 Å². The van der Waals surface area contributed by atoms with Crippen LogP contribution in [-0.2, 0) is 0 Å². The summed E-state index contributed by atoms with van der Waals surface area (Å²) in [6.07, 6.45) is 7.00. The monoisotopic (exact) mass is 393 g/mol. The molecule has 0 radical (unpaired) electrons. The Labute approximate surface area is 165 Å². The Balaban J connectivity index is 1.55. The largest absolute Gasteiger partial charge is 0.339 e. The summed E-state index contributed by atoms with van der Waals surface area (Å²) in [6, 6.07) is 4.78. The van der Waals surface area contributed by atoms with Crippen molar-refractivity contribution in [1.29, 1.82) is 0 Å². The van der Waals surface area contributed by atoms with Crippen molar-refractivity contribution in [2.45, 2.75) is 26.3 Å². The predicted octanol–water partition coefficient (Wildman–Crippen LogP) is 1.95. The van der Waals surface area contributed by atoms with Crippen molar-refractivity contribution in [1.82, 2.24) is 45.4 Å².